The van der Waals surface area contributed by atoms with E-state index in [1.165, 1.54) is 9.47 Å². The first-order valence-electron chi connectivity index (χ1n) is 9.08. The summed E-state index contributed by atoms with van der Waals surface area (Å²) in [6, 6.07) is 9.31. The normalized spacial score (nSPS) is 14.9. The average Bonchev–Trinajstić information content (AvgIpc) is 2.69. The Labute approximate surface area is 156 Å². The third-order valence-corrected chi connectivity index (χ3v) is 4.82. The Morgan fingerprint density at radius 1 is 1.26 bits per heavy atom. The maximum absolute atomic E-state index is 13.0. The Morgan fingerprint density at radius 3 is 2.56 bits per heavy atom. The fourth-order valence-electron chi connectivity index (χ4n) is 3.35. The van der Waals surface area contributed by atoms with Gasteiger partial charge >= 0.3 is 5.69 Å². The van der Waals surface area contributed by atoms with Gasteiger partial charge in [-0.3, -0.25) is 19.1 Å². The van der Waals surface area contributed by atoms with E-state index < -0.39 is 11.2 Å². The maximum atomic E-state index is 13.0. The molecule has 1 aliphatic rings. The van der Waals surface area contributed by atoms with Crippen LogP contribution in [0.2, 0.25) is 0 Å². The van der Waals surface area contributed by atoms with Crippen LogP contribution in [0.15, 0.2) is 39.9 Å². The topological polar surface area (TPSA) is 110 Å². The number of benzene rings is 1. The fraction of sp³-hybridized carbons (Fsp3) is 0.421. The molecule has 0 spiro atoms. The van der Waals surface area contributed by atoms with Crippen molar-refractivity contribution < 1.29 is 9.53 Å². The zero-order valence-electron chi connectivity index (χ0n) is 15.3. The summed E-state index contributed by atoms with van der Waals surface area (Å²) in [5.74, 6) is -0.384. The molecule has 1 aromatic carbocycles. The number of aromatic amines is 1. The van der Waals surface area contributed by atoms with E-state index in [0.29, 0.717) is 26.1 Å². The summed E-state index contributed by atoms with van der Waals surface area (Å²) in [6.07, 6.45) is 1.22. The zero-order valence-corrected chi connectivity index (χ0v) is 15.3. The minimum absolute atomic E-state index is 0.00476. The molecule has 8 nitrogen and oxygen atoms in total. The van der Waals surface area contributed by atoms with Crippen LogP contribution < -0.4 is 21.9 Å². The Kier molecular flexibility index (Phi) is 5.75. The van der Waals surface area contributed by atoms with Crippen molar-refractivity contribution >= 4 is 17.4 Å². The Morgan fingerprint density at radius 2 is 1.93 bits per heavy atom. The van der Waals surface area contributed by atoms with Crippen molar-refractivity contribution in [1.82, 2.24) is 9.55 Å². The molecule has 0 atom stereocenters. The standard InChI is InChI=1S/C19H24N4O4/c1-2-22(18(25)14-8-10-27-11-9-14)15-16(20)23(19(26)21-17(15)24)12-13-6-4-3-5-7-13/h3-7,14H,2,8-12,20H2,1H3,(H,21,24,26). The van der Waals surface area contributed by atoms with Crippen LogP contribution in [0.5, 0.6) is 0 Å². The molecule has 0 unspecified atom stereocenters. The lowest BCUT2D eigenvalue weighted by atomic mass is 9.98. The van der Waals surface area contributed by atoms with Crippen LogP contribution in [0.4, 0.5) is 11.5 Å². The van der Waals surface area contributed by atoms with E-state index in [1.54, 1.807) is 6.92 Å². The third-order valence-electron chi connectivity index (χ3n) is 4.82. The van der Waals surface area contributed by atoms with Gasteiger partial charge < -0.3 is 15.4 Å². The Hall–Kier alpha value is -2.87. The van der Waals surface area contributed by atoms with Gasteiger partial charge in [0.25, 0.3) is 5.56 Å². The molecule has 1 aliphatic heterocycles. The SMILES string of the molecule is CCN(C(=O)C1CCOCC1)c1c(N)n(Cc2ccccc2)c(=O)[nH]c1=O. The van der Waals surface area contributed by atoms with Gasteiger partial charge in [-0.25, -0.2) is 4.79 Å². The maximum Gasteiger partial charge on any atom is 0.330 e. The molecule has 8 heteroatoms. The quantitative estimate of drug-likeness (QED) is 0.812. The van der Waals surface area contributed by atoms with Crippen LogP contribution in [0, 0.1) is 5.92 Å². The molecule has 2 aromatic rings. The van der Waals surface area contributed by atoms with Crippen molar-refractivity contribution in [3.8, 4) is 0 Å². The predicted octanol–water partition coefficient (Wildman–Crippen LogP) is 0.947. The number of nitrogens with zero attached hydrogens (tertiary/aromatic N) is 2. The van der Waals surface area contributed by atoms with Crippen LogP contribution >= 0.6 is 0 Å². The van der Waals surface area contributed by atoms with Crippen LogP contribution in [-0.4, -0.2) is 35.2 Å². The molecule has 1 fully saturated rings. The fourth-order valence-corrected chi connectivity index (χ4v) is 3.35. The van der Waals surface area contributed by atoms with Gasteiger partial charge in [0.05, 0.1) is 6.54 Å². The first-order chi connectivity index (χ1) is 13.0. The summed E-state index contributed by atoms with van der Waals surface area (Å²) in [6.45, 7) is 3.31. The zero-order chi connectivity index (χ0) is 19.4. The molecular formula is C19H24N4O4. The predicted molar refractivity (Wildman–Crippen MR) is 103 cm³/mol. The Bertz CT molecular complexity index is 914. The third kappa shape index (κ3) is 3.95. The van der Waals surface area contributed by atoms with E-state index in [-0.39, 0.29) is 36.4 Å². The molecule has 0 bridgehead atoms. The van der Waals surface area contributed by atoms with Gasteiger partial charge in [0.1, 0.15) is 5.82 Å². The number of anilines is 2. The lowest BCUT2D eigenvalue weighted by molar-refractivity contribution is -0.125. The lowest BCUT2D eigenvalue weighted by Gasteiger charge is -2.29. The second kappa shape index (κ2) is 8.22. The number of hydrogen-bond acceptors (Lipinski definition) is 5. The lowest BCUT2D eigenvalue weighted by Crippen LogP contribution is -2.44. The highest BCUT2D eigenvalue weighted by Crippen LogP contribution is 2.23. The van der Waals surface area contributed by atoms with Gasteiger partial charge in [-0.15, -0.1) is 0 Å². The molecule has 1 amide bonds. The van der Waals surface area contributed by atoms with Crippen molar-refractivity contribution in [3.63, 3.8) is 0 Å². The molecule has 3 N–H and O–H groups in total. The Balaban J connectivity index is 2.00. The van der Waals surface area contributed by atoms with Crippen molar-refractivity contribution in [2.45, 2.75) is 26.3 Å². The molecule has 0 saturated carbocycles. The number of nitrogen functional groups attached to an aromatic ring is 1. The summed E-state index contributed by atoms with van der Waals surface area (Å²) in [5, 5.41) is 0. The van der Waals surface area contributed by atoms with Crippen molar-refractivity contribution in [1.29, 1.82) is 0 Å². The van der Waals surface area contributed by atoms with E-state index in [9.17, 15) is 14.4 Å². The highest BCUT2D eigenvalue weighted by molar-refractivity contribution is 5.97. The molecule has 27 heavy (non-hydrogen) atoms. The number of nitrogens with two attached hydrogens (primary N) is 1. The second-order valence-electron chi connectivity index (χ2n) is 6.53. The number of ether oxygens (including phenoxy) is 1. The number of carbonyl (C=O) groups is 1. The summed E-state index contributed by atoms with van der Waals surface area (Å²) < 4.78 is 6.59. The van der Waals surface area contributed by atoms with Crippen LogP contribution in [0.3, 0.4) is 0 Å². The van der Waals surface area contributed by atoms with E-state index in [1.807, 2.05) is 30.3 Å². The minimum atomic E-state index is -0.649. The van der Waals surface area contributed by atoms with Crippen LogP contribution in [0.25, 0.3) is 0 Å². The molecule has 144 valence electrons. The summed E-state index contributed by atoms with van der Waals surface area (Å²) in [7, 11) is 0. The number of H-pyrrole nitrogens is 1. The van der Waals surface area contributed by atoms with Crippen LogP contribution in [-0.2, 0) is 16.1 Å². The number of rotatable bonds is 5. The van der Waals surface area contributed by atoms with E-state index in [4.69, 9.17) is 10.5 Å². The molecular weight excluding hydrogens is 348 g/mol. The largest absolute Gasteiger partial charge is 0.383 e. The smallest absolute Gasteiger partial charge is 0.330 e. The van der Waals surface area contributed by atoms with E-state index >= 15 is 0 Å². The van der Waals surface area contributed by atoms with Crippen molar-refractivity contribution in [3.05, 3.63) is 56.7 Å². The number of nitrogens with one attached hydrogen (secondary N) is 1. The summed E-state index contributed by atoms with van der Waals surface area (Å²) >= 11 is 0. The first kappa shape index (κ1) is 18.9. The monoisotopic (exact) mass is 372 g/mol. The number of amides is 1. The van der Waals surface area contributed by atoms with Gasteiger partial charge in [0.15, 0.2) is 5.69 Å². The average molecular weight is 372 g/mol. The molecule has 2 heterocycles. The van der Waals surface area contributed by atoms with Crippen molar-refractivity contribution in [2.75, 3.05) is 30.4 Å². The summed E-state index contributed by atoms with van der Waals surface area (Å²) in [4.78, 5) is 41.4. The van der Waals surface area contributed by atoms with Gasteiger partial charge in [-0.1, -0.05) is 30.3 Å². The van der Waals surface area contributed by atoms with E-state index in [2.05, 4.69) is 4.98 Å². The van der Waals surface area contributed by atoms with Gasteiger partial charge in [0.2, 0.25) is 5.91 Å². The molecule has 0 aliphatic carbocycles. The highest BCUT2D eigenvalue weighted by Gasteiger charge is 2.30. The second-order valence-corrected chi connectivity index (χ2v) is 6.53. The summed E-state index contributed by atoms with van der Waals surface area (Å²) in [5.41, 5.74) is 5.85. The number of hydrogen-bond donors (Lipinski definition) is 2. The molecule has 1 saturated heterocycles. The molecule has 3 rings (SSSR count). The van der Waals surface area contributed by atoms with Gasteiger partial charge in [0, 0.05) is 25.7 Å². The number of carbonyl (C=O) groups excluding carboxylic acids is 1. The minimum Gasteiger partial charge on any atom is -0.383 e. The van der Waals surface area contributed by atoms with Crippen molar-refractivity contribution in [2.24, 2.45) is 5.92 Å². The van der Waals surface area contributed by atoms with Gasteiger partial charge in [-0.2, -0.15) is 0 Å². The van der Waals surface area contributed by atoms with Crippen LogP contribution in [0.1, 0.15) is 25.3 Å². The molecule has 1 aromatic heterocycles. The van der Waals surface area contributed by atoms with E-state index in [0.717, 1.165) is 5.56 Å². The highest BCUT2D eigenvalue weighted by atomic mass is 16.5. The van der Waals surface area contributed by atoms with Gasteiger partial charge in [-0.05, 0) is 25.3 Å². The number of aromatic nitrogens is 2. The molecule has 0 radical (unpaired) electrons. The first-order valence-corrected chi connectivity index (χ1v) is 9.08.